The van der Waals surface area contributed by atoms with Crippen LogP contribution >= 0.6 is 23.2 Å². The van der Waals surface area contributed by atoms with Crippen LogP contribution in [0.4, 0.5) is 5.69 Å². The number of rotatable bonds is 5. The summed E-state index contributed by atoms with van der Waals surface area (Å²) in [6.07, 6.45) is 1.62. The second-order valence-electron chi connectivity index (χ2n) is 7.48. The number of nitrogens with zero attached hydrogens (tertiary/aromatic N) is 1. The number of pyridine rings is 1. The number of aromatic nitrogens is 1. The van der Waals surface area contributed by atoms with Gasteiger partial charge in [0.05, 0.1) is 33.2 Å². The number of hydrogen-bond acceptors (Lipinski definition) is 3. The lowest BCUT2D eigenvalue weighted by atomic mass is 10.0. The molecule has 138 valence electrons. The summed E-state index contributed by atoms with van der Waals surface area (Å²) in [5.41, 5.74) is 1.33. The molecule has 1 amide bonds. The van der Waals surface area contributed by atoms with Gasteiger partial charge in [-0.05, 0) is 49.2 Å². The molecule has 26 heavy (non-hydrogen) atoms. The van der Waals surface area contributed by atoms with Gasteiger partial charge in [-0.1, -0.05) is 44.0 Å². The zero-order valence-electron chi connectivity index (χ0n) is 15.5. The molecule has 1 aromatic carbocycles. The van der Waals surface area contributed by atoms with Crippen LogP contribution in [0.5, 0.6) is 0 Å². The van der Waals surface area contributed by atoms with Crippen molar-refractivity contribution in [2.24, 2.45) is 0 Å². The van der Waals surface area contributed by atoms with E-state index in [1.54, 1.807) is 18.3 Å². The second kappa shape index (κ2) is 8.09. The number of nitrogens with one attached hydrogen (secondary N) is 1. The minimum atomic E-state index is -0.502. The molecular weight excluding hydrogens is 387 g/mol. The summed E-state index contributed by atoms with van der Waals surface area (Å²) in [5.74, 6) is -0.275. The molecule has 2 aromatic rings. The summed E-state index contributed by atoms with van der Waals surface area (Å²) in [5, 5.41) is 3.65. The maximum atomic E-state index is 12.3. The Balaban J connectivity index is 2.06. The Hall–Kier alpha value is -1.40. The van der Waals surface area contributed by atoms with Crippen LogP contribution < -0.4 is 5.32 Å². The fourth-order valence-electron chi connectivity index (χ4n) is 2.00. The molecule has 4 nitrogen and oxygen atoms in total. The minimum Gasteiger partial charge on any atom is -0.406 e. The van der Waals surface area contributed by atoms with E-state index >= 15 is 0 Å². The van der Waals surface area contributed by atoms with Gasteiger partial charge in [0, 0.05) is 5.56 Å². The summed E-state index contributed by atoms with van der Waals surface area (Å²) in [6.45, 7) is 10.4. The van der Waals surface area contributed by atoms with E-state index in [4.69, 9.17) is 27.6 Å². The first-order valence-corrected chi connectivity index (χ1v) is 9.82. The third-order valence-corrected chi connectivity index (χ3v) is 5.40. The first-order valence-electron chi connectivity index (χ1n) is 8.16. The van der Waals surface area contributed by atoms with Crippen LogP contribution in [0.1, 0.15) is 50.7 Å². The molecule has 0 atom stereocenters. The molecule has 2 radical (unpaired) electrons. The SMILES string of the molecule is CC(C)(C)[Si]OC(C)(C)c1ccc(NC(=O)c2ccc(Cl)c(Cl)c2)cn1. The average molecular weight is 409 g/mol. The predicted octanol–water partition coefficient (Wildman–Crippen LogP) is 5.73. The number of hydrogen-bond donors (Lipinski definition) is 1. The molecule has 1 heterocycles. The lowest BCUT2D eigenvalue weighted by Gasteiger charge is -2.28. The van der Waals surface area contributed by atoms with Crippen molar-refractivity contribution in [3.8, 4) is 0 Å². The fraction of sp³-hybridized carbons (Fsp3) is 0.368. The van der Waals surface area contributed by atoms with Crippen molar-refractivity contribution in [3.05, 3.63) is 57.8 Å². The molecule has 2 rings (SSSR count). The predicted molar refractivity (Wildman–Crippen MR) is 108 cm³/mol. The molecular formula is C19H22Cl2N2O2Si. The van der Waals surface area contributed by atoms with Gasteiger partial charge < -0.3 is 9.74 Å². The highest BCUT2D eigenvalue weighted by Crippen LogP contribution is 2.29. The van der Waals surface area contributed by atoms with Gasteiger partial charge in [0.2, 0.25) is 9.76 Å². The second-order valence-corrected chi connectivity index (χ2v) is 10.2. The van der Waals surface area contributed by atoms with E-state index in [-0.39, 0.29) is 10.9 Å². The van der Waals surface area contributed by atoms with Crippen LogP contribution in [-0.2, 0) is 10.0 Å². The third-order valence-electron chi connectivity index (χ3n) is 3.43. The lowest BCUT2D eigenvalue weighted by molar-refractivity contribution is 0.102. The van der Waals surface area contributed by atoms with E-state index in [1.165, 1.54) is 6.07 Å². The first kappa shape index (κ1) is 20.9. The molecule has 0 aliphatic heterocycles. The van der Waals surface area contributed by atoms with Crippen molar-refractivity contribution in [1.82, 2.24) is 4.98 Å². The van der Waals surface area contributed by atoms with E-state index in [9.17, 15) is 4.79 Å². The fourth-order valence-corrected chi connectivity index (χ4v) is 2.96. The average Bonchev–Trinajstić information content (AvgIpc) is 2.55. The van der Waals surface area contributed by atoms with E-state index < -0.39 is 5.60 Å². The highest BCUT2D eigenvalue weighted by atomic mass is 35.5. The van der Waals surface area contributed by atoms with Gasteiger partial charge in [0.15, 0.2) is 0 Å². The zero-order valence-corrected chi connectivity index (χ0v) is 18.0. The van der Waals surface area contributed by atoms with Crippen LogP contribution in [0.25, 0.3) is 0 Å². The standard InChI is InChI=1S/C19H22Cl2N2O2Si/c1-18(2,3)26-25-19(4,5)16-9-7-13(11-22-16)23-17(24)12-6-8-14(20)15(21)10-12/h6-11H,1-5H3,(H,23,24). The topological polar surface area (TPSA) is 51.2 Å². The molecule has 1 N–H and O–H groups in total. The Bertz CT molecular complexity index is 787. The Kier molecular flexibility index (Phi) is 6.50. The summed E-state index contributed by atoms with van der Waals surface area (Å²) >= 11 is 11.8. The van der Waals surface area contributed by atoms with Crippen LogP contribution in [-0.4, -0.2) is 20.7 Å². The largest absolute Gasteiger partial charge is 0.406 e. The molecule has 0 saturated heterocycles. The summed E-state index contributed by atoms with van der Waals surface area (Å²) in [7, 11) is 0.358. The zero-order chi connectivity index (χ0) is 19.5. The summed E-state index contributed by atoms with van der Waals surface area (Å²) in [4.78, 5) is 16.8. The van der Waals surface area contributed by atoms with Gasteiger partial charge in [0.25, 0.3) is 5.91 Å². The number of benzene rings is 1. The Morgan fingerprint density at radius 3 is 2.31 bits per heavy atom. The molecule has 7 heteroatoms. The number of carbonyl (C=O) groups excluding carboxylic acids is 1. The van der Waals surface area contributed by atoms with Crippen molar-refractivity contribution in [3.63, 3.8) is 0 Å². The molecule has 0 bridgehead atoms. The molecule has 0 saturated carbocycles. The van der Waals surface area contributed by atoms with Gasteiger partial charge in [0.1, 0.15) is 0 Å². The molecule has 1 aromatic heterocycles. The van der Waals surface area contributed by atoms with Crippen LogP contribution in [0.2, 0.25) is 15.1 Å². The minimum absolute atomic E-state index is 0.102. The number of anilines is 1. The maximum Gasteiger partial charge on any atom is 0.255 e. The molecule has 0 aliphatic rings. The smallest absolute Gasteiger partial charge is 0.255 e. The van der Waals surface area contributed by atoms with Crippen molar-refractivity contribution in [1.29, 1.82) is 0 Å². The quantitative estimate of drug-likeness (QED) is 0.642. The van der Waals surface area contributed by atoms with Crippen molar-refractivity contribution in [2.75, 3.05) is 5.32 Å². The molecule has 0 spiro atoms. The summed E-state index contributed by atoms with van der Waals surface area (Å²) < 4.78 is 6.05. The first-order chi connectivity index (χ1) is 12.0. The monoisotopic (exact) mass is 408 g/mol. The van der Waals surface area contributed by atoms with Crippen LogP contribution in [0.15, 0.2) is 36.5 Å². The number of carbonyl (C=O) groups is 1. The Labute approximate surface area is 167 Å². The van der Waals surface area contributed by atoms with Crippen LogP contribution in [0.3, 0.4) is 0 Å². The van der Waals surface area contributed by atoms with Crippen LogP contribution in [0, 0.1) is 0 Å². The van der Waals surface area contributed by atoms with Crippen molar-refractivity contribution in [2.45, 2.75) is 45.3 Å². The van der Waals surface area contributed by atoms with E-state index in [0.717, 1.165) is 5.69 Å². The maximum absolute atomic E-state index is 12.3. The van der Waals surface area contributed by atoms with Gasteiger partial charge in [-0.3, -0.25) is 9.78 Å². The highest BCUT2D eigenvalue weighted by Gasteiger charge is 2.26. The highest BCUT2D eigenvalue weighted by molar-refractivity contribution is 6.42. The van der Waals surface area contributed by atoms with Crippen molar-refractivity contribution < 1.29 is 9.22 Å². The van der Waals surface area contributed by atoms with E-state index in [0.29, 0.717) is 31.1 Å². The normalized spacial score (nSPS) is 12.1. The van der Waals surface area contributed by atoms with Gasteiger partial charge in [-0.15, -0.1) is 0 Å². The molecule has 0 aliphatic carbocycles. The lowest BCUT2D eigenvalue weighted by Crippen LogP contribution is -2.28. The van der Waals surface area contributed by atoms with Gasteiger partial charge in [-0.2, -0.15) is 0 Å². The van der Waals surface area contributed by atoms with E-state index in [1.807, 2.05) is 26.0 Å². The third kappa shape index (κ3) is 5.81. The Morgan fingerprint density at radius 1 is 1.08 bits per heavy atom. The van der Waals surface area contributed by atoms with E-state index in [2.05, 4.69) is 31.1 Å². The number of amides is 1. The van der Waals surface area contributed by atoms with Gasteiger partial charge in [-0.25, -0.2) is 0 Å². The number of halogens is 2. The summed E-state index contributed by atoms with van der Waals surface area (Å²) in [6, 6.07) is 8.41. The molecule has 0 unspecified atom stereocenters. The van der Waals surface area contributed by atoms with Crippen molar-refractivity contribution >= 4 is 44.6 Å². The van der Waals surface area contributed by atoms with Gasteiger partial charge >= 0.3 is 0 Å². The molecule has 0 fully saturated rings. The Morgan fingerprint density at radius 2 is 1.77 bits per heavy atom.